The van der Waals surface area contributed by atoms with Crippen molar-refractivity contribution >= 4 is 47.6 Å². The highest BCUT2D eigenvalue weighted by molar-refractivity contribution is 7.59. The number of hydrogen-bond donors (Lipinski definition) is 1. The number of aromatic nitrogens is 9. The van der Waals surface area contributed by atoms with Gasteiger partial charge in [-0.2, -0.15) is 18.6 Å². The minimum absolute atomic E-state index is 0. The molecule has 6 heterocycles. The lowest BCUT2D eigenvalue weighted by Gasteiger charge is -2.27. The molecule has 13 heteroatoms. The van der Waals surface area contributed by atoms with Gasteiger partial charge in [0.1, 0.15) is 23.2 Å². The molecule has 1 fully saturated rings. The van der Waals surface area contributed by atoms with Crippen LogP contribution in [0.15, 0.2) is 48.2 Å². The zero-order valence-electron chi connectivity index (χ0n) is 17.3. The molecule has 0 saturated carbocycles. The van der Waals surface area contributed by atoms with E-state index in [1.54, 1.807) is 46.1 Å². The molecule has 168 valence electrons. The average Bonchev–Trinajstić information content (AvgIpc) is 3.56. The maximum atomic E-state index is 13.5. The fourth-order valence-corrected chi connectivity index (χ4v) is 4.51. The van der Waals surface area contributed by atoms with Crippen molar-refractivity contribution in [3.8, 4) is 0 Å². The number of nitrogens with zero attached hydrogens (tertiary/aromatic N) is 9. The van der Waals surface area contributed by atoms with E-state index in [0.717, 1.165) is 30.7 Å². The van der Waals surface area contributed by atoms with Gasteiger partial charge in [-0.15, -0.1) is 0 Å². The summed E-state index contributed by atoms with van der Waals surface area (Å²) < 4.78 is 3.16. The smallest absolute Gasteiger partial charge is 0.279 e. The van der Waals surface area contributed by atoms with Gasteiger partial charge in [0, 0.05) is 25.1 Å². The topological polar surface area (TPSA) is 123 Å². The Morgan fingerprint density at radius 2 is 2.00 bits per heavy atom. The van der Waals surface area contributed by atoms with Crippen LogP contribution in [0.5, 0.6) is 0 Å². The summed E-state index contributed by atoms with van der Waals surface area (Å²) in [4.78, 5) is 40.3. The van der Waals surface area contributed by atoms with Gasteiger partial charge in [0.2, 0.25) is 0 Å². The zero-order chi connectivity index (χ0) is 21.7. The van der Waals surface area contributed by atoms with Gasteiger partial charge in [-0.1, -0.05) is 11.6 Å². The number of halogens is 1. The molecular formula is C20H19ClN10OS. The van der Waals surface area contributed by atoms with Crippen molar-refractivity contribution in [2.75, 3.05) is 11.4 Å². The van der Waals surface area contributed by atoms with Crippen LogP contribution in [0, 0.1) is 0 Å². The molecule has 1 aliphatic rings. The van der Waals surface area contributed by atoms with E-state index in [0.29, 0.717) is 27.8 Å². The normalized spacial score (nSPS) is 15.9. The van der Waals surface area contributed by atoms with Crippen LogP contribution in [0.4, 0.5) is 5.82 Å². The second kappa shape index (κ2) is 8.45. The van der Waals surface area contributed by atoms with Crippen LogP contribution in [0.25, 0.3) is 16.7 Å². The fourth-order valence-electron chi connectivity index (χ4n) is 4.29. The Morgan fingerprint density at radius 3 is 2.85 bits per heavy atom. The lowest BCUT2D eigenvalue weighted by molar-refractivity contribution is 0.546. The van der Waals surface area contributed by atoms with Gasteiger partial charge in [-0.05, 0) is 25.0 Å². The van der Waals surface area contributed by atoms with E-state index in [2.05, 4.69) is 34.8 Å². The minimum Gasteiger partial charge on any atom is -0.344 e. The highest BCUT2D eigenvalue weighted by atomic mass is 35.5. The molecule has 1 saturated heterocycles. The van der Waals surface area contributed by atoms with Crippen molar-refractivity contribution in [3.63, 3.8) is 0 Å². The minimum atomic E-state index is -0.237. The molecule has 5 aromatic rings. The summed E-state index contributed by atoms with van der Waals surface area (Å²) in [6, 6.07) is 3.23. The van der Waals surface area contributed by atoms with E-state index in [-0.39, 0.29) is 31.6 Å². The maximum absolute atomic E-state index is 13.5. The first-order valence-corrected chi connectivity index (χ1v) is 10.5. The lowest BCUT2D eigenvalue weighted by atomic mass is 10.2. The molecule has 0 aliphatic carbocycles. The standard InChI is InChI=1S/C20H17ClN10O.H2S/c21-12-4-8-31-16(12)20(32)30(9-14-22-5-2-6-23-14)18(28-31)13-3-1-7-29(13)19-15-17(25-10-24-15)26-11-27-19;/h2,4-6,8,10-11,13H,1,3,7,9H2,(H,24,25,26,27);1H2/t13-;/m0./s1. The molecule has 1 N–H and O–H groups in total. The molecule has 0 bridgehead atoms. The summed E-state index contributed by atoms with van der Waals surface area (Å²) in [7, 11) is 0. The third-order valence-electron chi connectivity index (χ3n) is 5.70. The number of anilines is 1. The van der Waals surface area contributed by atoms with Crippen LogP contribution in [-0.2, 0) is 6.54 Å². The van der Waals surface area contributed by atoms with Gasteiger partial charge < -0.3 is 9.88 Å². The Balaban J connectivity index is 0.00000228. The molecule has 1 atom stereocenters. The fraction of sp³-hybridized carbons (Fsp3) is 0.250. The molecule has 6 rings (SSSR count). The maximum Gasteiger partial charge on any atom is 0.279 e. The van der Waals surface area contributed by atoms with Gasteiger partial charge in [0.15, 0.2) is 17.3 Å². The van der Waals surface area contributed by atoms with Crippen LogP contribution in [-0.4, -0.2) is 50.6 Å². The van der Waals surface area contributed by atoms with Crippen LogP contribution < -0.4 is 10.5 Å². The first kappa shape index (κ1) is 21.3. The largest absolute Gasteiger partial charge is 0.344 e. The molecule has 5 aromatic heterocycles. The molecule has 33 heavy (non-hydrogen) atoms. The van der Waals surface area contributed by atoms with Crippen molar-refractivity contribution in [1.82, 2.24) is 44.1 Å². The molecule has 0 spiro atoms. The highest BCUT2D eigenvalue weighted by Gasteiger charge is 2.33. The van der Waals surface area contributed by atoms with Crippen molar-refractivity contribution in [2.24, 2.45) is 0 Å². The van der Waals surface area contributed by atoms with E-state index >= 15 is 0 Å². The molecule has 1 aliphatic heterocycles. The number of imidazole rings is 1. The second-order valence-electron chi connectivity index (χ2n) is 7.52. The number of rotatable bonds is 4. The molecule has 11 nitrogen and oxygen atoms in total. The number of nitrogens with one attached hydrogen (secondary N) is 1. The number of fused-ring (bicyclic) bond motifs is 2. The summed E-state index contributed by atoms with van der Waals surface area (Å²) in [5.74, 6) is 1.86. The molecule has 0 amide bonds. The van der Waals surface area contributed by atoms with Gasteiger partial charge in [-0.3, -0.25) is 9.36 Å². The van der Waals surface area contributed by atoms with Crippen LogP contribution in [0.2, 0.25) is 5.02 Å². The van der Waals surface area contributed by atoms with Gasteiger partial charge in [-0.25, -0.2) is 29.4 Å². The van der Waals surface area contributed by atoms with E-state index in [9.17, 15) is 4.79 Å². The van der Waals surface area contributed by atoms with Crippen LogP contribution in [0.1, 0.15) is 30.5 Å². The van der Waals surface area contributed by atoms with Crippen molar-refractivity contribution in [1.29, 1.82) is 0 Å². The molecule has 0 aromatic carbocycles. The summed E-state index contributed by atoms with van der Waals surface area (Å²) in [5.41, 5.74) is 1.44. The Hall–Kier alpha value is -3.51. The third kappa shape index (κ3) is 3.51. The van der Waals surface area contributed by atoms with E-state index in [1.165, 1.54) is 6.33 Å². The van der Waals surface area contributed by atoms with Crippen LogP contribution >= 0.6 is 25.1 Å². The summed E-state index contributed by atoms with van der Waals surface area (Å²) >= 11 is 6.30. The van der Waals surface area contributed by atoms with Gasteiger partial charge in [0.25, 0.3) is 5.56 Å². The second-order valence-corrected chi connectivity index (χ2v) is 7.93. The van der Waals surface area contributed by atoms with E-state index in [4.69, 9.17) is 16.7 Å². The highest BCUT2D eigenvalue weighted by Crippen LogP contribution is 2.36. The number of aromatic amines is 1. The van der Waals surface area contributed by atoms with Gasteiger partial charge in [0.05, 0.1) is 23.9 Å². The SMILES string of the molecule is O=c1c2c(Cl)ccn2nc([C@@H]2CCCN2c2ncnc3nc[nH]c23)n1Cc1ncccn1.S. The predicted octanol–water partition coefficient (Wildman–Crippen LogP) is 2.11. The summed E-state index contributed by atoms with van der Waals surface area (Å²) in [6.07, 6.45) is 9.84. The molecule has 0 unspecified atom stereocenters. The Bertz CT molecular complexity index is 1500. The van der Waals surface area contributed by atoms with Crippen molar-refractivity contribution in [2.45, 2.75) is 25.4 Å². The Labute approximate surface area is 199 Å². The monoisotopic (exact) mass is 482 g/mol. The Morgan fingerprint density at radius 1 is 1.15 bits per heavy atom. The van der Waals surface area contributed by atoms with E-state index < -0.39 is 0 Å². The zero-order valence-corrected chi connectivity index (χ0v) is 19.0. The van der Waals surface area contributed by atoms with Crippen molar-refractivity contribution < 1.29 is 0 Å². The number of H-pyrrole nitrogens is 1. The Kier molecular flexibility index (Phi) is 5.46. The molecule has 0 radical (unpaired) electrons. The summed E-state index contributed by atoms with van der Waals surface area (Å²) in [6.45, 7) is 0.950. The lowest BCUT2D eigenvalue weighted by Crippen LogP contribution is -2.34. The quantitative estimate of drug-likeness (QED) is 0.413. The predicted molar refractivity (Wildman–Crippen MR) is 127 cm³/mol. The van der Waals surface area contributed by atoms with Gasteiger partial charge >= 0.3 is 0 Å². The van der Waals surface area contributed by atoms with Crippen LogP contribution in [0.3, 0.4) is 0 Å². The first-order chi connectivity index (χ1) is 15.7. The average molecular weight is 483 g/mol. The van der Waals surface area contributed by atoms with E-state index in [1.807, 2.05) is 0 Å². The number of hydrogen-bond acceptors (Lipinski definition) is 8. The third-order valence-corrected chi connectivity index (χ3v) is 6.00. The molecular weight excluding hydrogens is 464 g/mol. The first-order valence-electron chi connectivity index (χ1n) is 10.1. The summed E-state index contributed by atoms with van der Waals surface area (Å²) in [5, 5.41) is 5.16. The van der Waals surface area contributed by atoms with Crippen molar-refractivity contribution in [3.05, 3.63) is 70.4 Å².